The topological polar surface area (TPSA) is 79.5 Å². The van der Waals surface area contributed by atoms with E-state index in [1.807, 2.05) is 55.5 Å². The second kappa shape index (κ2) is 8.96. The molecular weight excluding hydrogens is 374 g/mol. The third kappa shape index (κ3) is 5.28. The first-order valence-electron chi connectivity index (χ1n) is 8.60. The fourth-order valence-electron chi connectivity index (χ4n) is 2.48. The third-order valence-corrected chi connectivity index (χ3v) is 4.15. The second-order valence-corrected chi connectivity index (χ2v) is 6.53. The number of rotatable bonds is 4. The van der Waals surface area contributed by atoms with E-state index in [0.29, 0.717) is 11.3 Å². The zero-order chi connectivity index (χ0) is 19.9. The predicted octanol–water partition coefficient (Wildman–Crippen LogP) is 2.86. The summed E-state index contributed by atoms with van der Waals surface area (Å²) in [5, 5.41) is 4.60. The van der Waals surface area contributed by atoms with Crippen LogP contribution in [-0.4, -0.2) is 23.5 Å². The van der Waals surface area contributed by atoms with Gasteiger partial charge in [-0.1, -0.05) is 48.0 Å². The van der Waals surface area contributed by atoms with Gasteiger partial charge < -0.3 is 4.74 Å². The zero-order valence-corrected chi connectivity index (χ0v) is 16.0. The van der Waals surface area contributed by atoms with Gasteiger partial charge in [-0.15, -0.1) is 0 Å². The highest BCUT2D eigenvalue weighted by molar-refractivity contribution is 7.80. The Kier molecular flexibility index (Phi) is 6.18. The molecule has 0 aliphatic heterocycles. The van der Waals surface area contributed by atoms with Gasteiger partial charge in [0, 0.05) is 5.56 Å². The number of aryl methyl sites for hydroxylation is 1. The summed E-state index contributed by atoms with van der Waals surface area (Å²) < 4.78 is 5.49. The summed E-state index contributed by atoms with van der Waals surface area (Å²) in [4.78, 5) is 24.0. The van der Waals surface area contributed by atoms with Crippen LogP contribution in [0.1, 0.15) is 15.9 Å². The Morgan fingerprint density at radius 2 is 1.64 bits per heavy atom. The molecule has 0 aliphatic carbocycles. The van der Waals surface area contributed by atoms with Crippen LogP contribution in [0.5, 0.6) is 5.75 Å². The van der Waals surface area contributed by atoms with E-state index in [0.717, 1.165) is 16.3 Å². The number of hydrazine groups is 1. The second-order valence-electron chi connectivity index (χ2n) is 6.12. The van der Waals surface area contributed by atoms with E-state index in [9.17, 15) is 9.59 Å². The van der Waals surface area contributed by atoms with Gasteiger partial charge in [0.05, 0.1) is 0 Å². The molecule has 2 amide bonds. The van der Waals surface area contributed by atoms with Gasteiger partial charge in [0.1, 0.15) is 5.75 Å². The Morgan fingerprint density at radius 1 is 0.929 bits per heavy atom. The first kappa shape index (κ1) is 19.3. The van der Waals surface area contributed by atoms with Crippen molar-refractivity contribution in [2.24, 2.45) is 0 Å². The van der Waals surface area contributed by atoms with Crippen molar-refractivity contribution >= 4 is 39.9 Å². The number of amides is 2. The average Bonchev–Trinajstić information content (AvgIpc) is 2.71. The van der Waals surface area contributed by atoms with Crippen LogP contribution in [0.4, 0.5) is 0 Å². The van der Waals surface area contributed by atoms with Crippen molar-refractivity contribution in [3.8, 4) is 5.75 Å². The largest absolute Gasteiger partial charge is 0.484 e. The first-order valence-corrected chi connectivity index (χ1v) is 9.00. The lowest BCUT2D eigenvalue weighted by Gasteiger charge is -2.12. The molecule has 3 aromatic carbocycles. The normalized spacial score (nSPS) is 10.2. The third-order valence-electron chi connectivity index (χ3n) is 3.95. The van der Waals surface area contributed by atoms with E-state index in [1.165, 1.54) is 0 Å². The summed E-state index contributed by atoms with van der Waals surface area (Å²) >= 11 is 5.01. The summed E-state index contributed by atoms with van der Waals surface area (Å²) in [5.41, 5.74) is 6.39. The minimum Gasteiger partial charge on any atom is -0.484 e. The minimum atomic E-state index is -0.430. The molecule has 0 aromatic heterocycles. The Hall–Kier alpha value is -3.45. The van der Waals surface area contributed by atoms with Crippen LogP contribution >= 0.6 is 12.2 Å². The molecule has 0 fully saturated rings. The molecule has 6 nitrogen and oxygen atoms in total. The number of benzene rings is 3. The summed E-state index contributed by atoms with van der Waals surface area (Å²) in [5.74, 6) is -0.205. The number of carbonyl (C=O) groups excluding carboxylic acids is 2. The highest BCUT2D eigenvalue weighted by Gasteiger charge is 2.09. The van der Waals surface area contributed by atoms with Crippen LogP contribution < -0.4 is 20.9 Å². The molecule has 0 radical (unpaired) electrons. The van der Waals surface area contributed by atoms with E-state index in [4.69, 9.17) is 17.0 Å². The maximum atomic E-state index is 12.1. The van der Waals surface area contributed by atoms with E-state index < -0.39 is 5.91 Å². The molecule has 0 heterocycles. The van der Waals surface area contributed by atoms with E-state index in [1.54, 1.807) is 18.2 Å². The van der Waals surface area contributed by atoms with Crippen LogP contribution in [0.25, 0.3) is 10.8 Å². The molecule has 0 saturated carbocycles. The van der Waals surface area contributed by atoms with Gasteiger partial charge >= 0.3 is 0 Å². The van der Waals surface area contributed by atoms with Gasteiger partial charge in [-0.05, 0) is 54.2 Å². The SMILES string of the molecule is Cc1ccc(C(=O)NC(=S)NNC(=O)COc2ccc3ccccc3c2)cc1. The Morgan fingerprint density at radius 3 is 2.39 bits per heavy atom. The molecule has 3 rings (SSSR count). The smallest absolute Gasteiger partial charge is 0.276 e. The van der Waals surface area contributed by atoms with Gasteiger partial charge in [-0.2, -0.15) is 0 Å². The first-order chi connectivity index (χ1) is 13.5. The van der Waals surface area contributed by atoms with Crippen molar-refractivity contribution in [1.29, 1.82) is 0 Å². The number of ether oxygens (including phenoxy) is 1. The van der Waals surface area contributed by atoms with Gasteiger partial charge in [0.15, 0.2) is 11.7 Å². The number of carbonyl (C=O) groups is 2. The van der Waals surface area contributed by atoms with Crippen molar-refractivity contribution in [3.05, 3.63) is 77.9 Å². The fourth-order valence-corrected chi connectivity index (χ4v) is 2.62. The van der Waals surface area contributed by atoms with Crippen molar-refractivity contribution in [2.75, 3.05) is 6.61 Å². The molecule has 7 heteroatoms. The van der Waals surface area contributed by atoms with Crippen LogP contribution in [0.3, 0.4) is 0 Å². The summed E-state index contributed by atoms with van der Waals surface area (Å²) in [6, 6.07) is 20.5. The number of nitrogens with one attached hydrogen (secondary N) is 3. The molecular formula is C21H19N3O3S. The number of fused-ring (bicyclic) bond motifs is 1. The lowest BCUT2D eigenvalue weighted by Crippen LogP contribution is -2.49. The molecule has 0 bridgehead atoms. The standard InChI is InChI=1S/C21H19N3O3S/c1-14-6-8-16(9-7-14)20(26)22-21(28)24-23-19(25)13-27-18-11-10-15-4-2-3-5-17(15)12-18/h2-12H,13H2,1H3,(H,23,25)(H2,22,24,26,28). The molecule has 142 valence electrons. The molecule has 0 saturated heterocycles. The van der Waals surface area contributed by atoms with E-state index in [-0.39, 0.29) is 17.6 Å². The number of hydrogen-bond donors (Lipinski definition) is 3. The molecule has 0 aliphatic rings. The molecule has 0 atom stereocenters. The van der Waals surface area contributed by atoms with Crippen molar-refractivity contribution in [1.82, 2.24) is 16.2 Å². The van der Waals surface area contributed by atoms with Crippen LogP contribution in [-0.2, 0) is 4.79 Å². The van der Waals surface area contributed by atoms with E-state index in [2.05, 4.69) is 16.2 Å². The fraction of sp³-hybridized carbons (Fsp3) is 0.0952. The van der Waals surface area contributed by atoms with Crippen LogP contribution in [0.2, 0.25) is 0 Å². The summed E-state index contributed by atoms with van der Waals surface area (Å²) in [6.45, 7) is 1.74. The maximum absolute atomic E-state index is 12.1. The minimum absolute atomic E-state index is 0.00960. The quantitative estimate of drug-likeness (QED) is 0.469. The highest BCUT2D eigenvalue weighted by Crippen LogP contribution is 2.20. The van der Waals surface area contributed by atoms with Crippen LogP contribution in [0, 0.1) is 6.92 Å². The van der Waals surface area contributed by atoms with Gasteiger partial charge in [0.2, 0.25) is 0 Å². The lowest BCUT2D eigenvalue weighted by atomic mass is 10.1. The average molecular weight is 393 g/mol. The molecule has 3 aromatic rings. The lowest BCUT2D eigenvalue weighted by molar-refractivity contribution is -0.123. The summed E-state index contributed by atoms with van der Waals surface area (Å²) in [6.07, 6.45) is 0. The van der Waals surface area contributed by atoms with Gasteiger partial charge in [0.25, 0.3) is 11.8 Å². The van der Waals surface area contributed by atoms with Gasteiger partial charge in [-0.25, -0.2) is 0 Å². The van der Waals surface area contributed by atoms with Crippen molar-refractivity contribution < 1.29 is 14.3 Å². The zero-order valence-electron chi connectivity index (χ0n) is 15.2. The molecule has 0 spiro atoms. The Balaban J connectivity index is 1.43. The summed E-state index contributed by atoms with van der Waals surface area (Å²) in [7, 11) is 0. The Bertz CT molecular complexity index is 1020. The monoisotopic (exact) mass is 393 g/mol. The van der Waals surface area contributed by atoms with Crippen molar-refractivity contribution in [2.45, 2.75) is 6.92 Å². The van der Waals surface area contributed by atoms with Gasteiger partial charge in [-0.3, -0.25) is 25.8 Å². The number of hydrogen-bond acceptors (Lipinski definition) is 4. The van der Waals surface area contributed by atoms with Crippen molar-refractivity contribution in [3.63, 3.8) is 0 Å². The molecule has 28 heavy (non-hydrogen) atoms. The molecule has 3 N–H and O–H groups in total. The molecule has 0 unspecified atom stereocenters. The Labute approximate surface area is 167 Å². The predicted molar refractivity (Wildman–Crippen MR) is 112 cm³/mol. The maximum Gasteiger partial charge on any atom is 0.276 e. The van der Waals surface area contributed by atoms with Crippen LogP contribution in [0.15, 0.2) is 66.7 Å². The number of thiocarbonyl (C=S) groups is 1. The van der Waals surface area contributed by atoms with E-state index >= 15 is 0 Å². The highest BCUT2D eigenvalue weighted by atomic mass is 32.1.